The van der Waals surface area contributed by atoms with Gasteiger partial charge in [-0.25, -0.2) is 13.6 Å². The first-order valence-electron chi connectivity index (χ1n) is 6.43. The number of nitrogens with two attached hydrogens (primary N) is 1. The van der Waals surface area contributed by atoms with Crippen molar-refractivity contribution < 1.29 is 8.42 Å². The number of benzene rings is 1. The van der Waals surface area contributed by atoms with Gasteiger partial charge in [0.15, 0.2) is 0 Å². The maximum atomic E-state index is 11.2. The zero-order valence-electron chi connectivity index (χ0n) is 11.6. The molecule has 1 heterocycles. The van der Waals surface area contributed by atoms with Crippen molar-refractivity contribution in [1.29, 1.82) is 0 Å². The van der Waals surface area contributed by atoms with Crippen LogP contribution in [-0.4, -0.2) is 15.0 Å². The Morgan fingerprint density at radius 2 is 1.95 bits per heavy atom. The molecular weight excluding hydrogens is 372 g/mol. The van der Waals surface area contributed by atoms with Gasteiger partial charge in [-0.05, 0) is 59.6 Å². The maximum absolute atomic E-state index is 11.2. The van der Waals surface area contributed by atoms with E-state index in [1.165, 1.54) is 9.75 Å². The van der Waals surface area contributed by atoms with Gasteiger partial charge in [-0.3, -0.25) is 0 Å². The summed E-state index contributed by atoms with van der Waals surface area (Å²) >= 11 is 5.28. The standard InChI is InChI=1S/C14H17BrN2O2S2/c1-10-14(15)8-12(20-10)9-17-7-6-11-2-4-13(5-3-11)21(16,18)19/h2-5,8,17H,6-7,9H2,1H3,(H2,16,18,19). The SMILES string of the molecule is Cc1sc(CNCCc2ccc(S(N)(=O)=O)cc2)cc1Br. The van der Waals surface area contributed by atoms with Gasteiger partial charge in [-0.1, -0.05) is 12.1 Å². The lowest BCUT2D eigenvalue weighted by Crippen LogP contribution is -2.16. The molecule has 0 fully saturated rings. The normalized spacial score (nSPS) is 11.8. The molecule has 1 aromatic heterocycles. The predicted molar refractivity (Wildman–Crippen MR) is 90.0 cm³/mol. The molecular formula is C14H17BrN2O2S2. The second-order valence-electron chi connectivity index (χ2n) is 4.73. The smallest absolute Gasteiger partial charge is 0.238 e. The minimum Gasteiger partial charge on any atom is -0.312 e. The van der Waals surface area contributed by atoms with E-state index in [9.17, 15) is 8.42 Å². The van der Waals surface area contributed by atoms with Crippen LogP contribution in [0.5, 0.6) is 0 Å². The summed E-state index contributed by atoms with van der Waals surface area (Å²) in [7, 11) is -3.60. The lowest BCUT2D eigenvalue weighted by atomic mass is 10.1. The second kappa shape index (κ2) is 7.02. The number of hydrogen-bond acceptors (Lipinski definition) is 4. The molecule has 0 aliphatic carbocycles. The van der Waals surface area contributed by atoms with Crippen LogP contribution in [0.1, 0.15) is 15.3 Å². The van der Waals surface area contributed by atoms with Crippen LogP contribution in [0, 0.1) is 6.92 Å². The minimum absolute atomic E-state index is 0.151. The summed E-state index contributed by atoms with van der Waals surface area (Å²) in [6.45, 7) is 3.76. The number of hydrogen-bond donors (Lipinski definition) is 2. The Bertz CT molecular complexity index is 690. The summed E-state index contributed by atoms with van der Waals surface area (Å²) in [5.41, 5.74) is 1.08. The molecule has 0 aliphatic heterocycles. The molecule has 4 nitrogen and oxygen atoms in total. The first-order chi connectivity index (χ1) is 9.86. The first-order valence-corrected chi connectivity index (χ1v) is 9.59. The third-order valence-electron chi connectivity index (χ3n) is 3.05. The molecule has 0 amide bonds. The third-order valence-corrected chi connectivity index (χ3v) is 6.12. The second-order valence-corrected chi connectivity index (χ2v) is 8.49. The molecule has 114 valence electrons. The molecule has 0 spiro atoms. The molecule has 1 aromatic carbocycles. The highest BCUT2D eigenvalue weighted by atomic mass is 79.9. The Kier molecular flexibility index (Phi) is 5.56. The minimum atomic E-state index is -3.60. The highest BCUT2D eigenvalue weighted by Gasteiger charge is 2.06. The number of primary sulfonamides is 1. The van der Waals surface area contributed by atoms with Crippen LogP contribution >= 0.6 is 27.3 Å². The van der Waals surface area contributed by atoms with Gasteiger partial charge >= 0.3 is 0 Å². The predicted octanol–water partition coefficient (Wildman–Crippen LogP) is 2.80. The highest BCUT2D eigenvalue weighted by molar-refractivity contribution is 9.10. The molecule has 0 atom stereocenters. The molecule has 21 heavy (non-hydrogen) atoms. The lowest BCUT2D eigenvalue weighted by molar-refractivity contribution is 0.597. The van der Waals surface area contributed by atoms with E-state index >= 15 is 0 Å². The van der Waals surface area contributed by atoms with Crippen LogP contribution in [0.4, 0.5) is 0 Å². The van der Waals surface area contributed by atoms with Crippen molar-refractivity contribution in [3.05, 3.63) is 50.1 Å². The lowest BCUT2D eigenvalue weighted by Gasteiger charge is -2.04. The van der Waals surface area contributed by atoms with E-state index in [2.05, 4.69) is 34.2 Å². The number of sulfonamides is 1. The molecule has 3 N–H and O–H groups in total. The van der Waals surface area contributed by atoms with Gasteiger partial charge in [-0.2, -0.15) is 0 Å². The zero-order valence-corrected chi connectivity index (χ0v) is 14.8. The first kappa shape index (κ1) is 16.6. The fourth-order valence-corrected chi connectivity index (χ4v) is 3.98. The number of aryl methyl sites for hydroxylation is 1. The summed E-state index contributed by atoms with van der Waals surface area (Å²) in [5, 5.41) is 8.45. The molecule has 0 aliphatic rings. The Labute approximate surface area is 137 Å². The van der Waals surface area contributed by atoms with Crippen molar-refractivity contribution in [3.8, 4) is 0 Å². The summed E-state index contributed by atoms with van der Waals surface area (Å²) in [5.74, 6) is 0. The van der Waals surface area contributed by atoms with Gasteiger partial charge in [-0.15, -0.1) is 11.3 Å². The largest absolute Gasteiger partial charge is 0.312 e. The number of nitrogens with one attached hydrogen (secondary N) is 1. The van der Waals surface area contributed by atoms with E-state index < -0.39 is 10.0 Å². The van der Waals surface area contributed by atoms with E-state index in [-0.39, 0.29) is 4.90 Å². The zero-order chi connectivity index (χ0) is 15.5. The van der Waals surface area contributed by atoms with Gasteiger partial charge in [0, 0.05) is 20.8 Å². The molecule has 0 radical (unpaired) electrons. The van der Waals surface area contributed by atoms with Crippen LogP contribution in [-0.2, 0) is 23.0 Å². The van der Waals surface area contributed by atoms with Crippen molar-refractivity contribution in [3.63, 3.8) is 0 Å². The van der Waals surface area contributed by atoms with E-state index in [1.807, 2.05) is 0 Å². The van der Waals surface area contributed by atoms with Gasteiger partial charge in [0.1, 0.15) is 0 Å². The quantitative estimate of drug-likeness (QED) is 0.747. The maximum Gasteiger partial charge on any atom is 0.238 e. The fourth-order valence-electron chi connectivity index (χ4n) is 1.90. The van der Waals surface area contributed by atoms with Crippen molar-refractivity contribution in [1.82, 2.24) is 5.32 Å². The van der Waals surface area contributed by atoms with E-state index in [0.29, 0.717) is 0 Å². The Morgan fingerprint density at radius 1 is 1.29 bits per heavy atom. The van der Waals surface area contributed by atoms with Gasteiger partial charge in [0.25, 0.3) is 0 Å². The monoisotopic (exact) mass is 388 g/mol. The van der Waals surface area contributed by atoms with Crippen LogP contribution in [0.15, 0.2) is 39.7 Å². The van der Waals surface area contributed by atoms with Crippen molar-refractivity contribution in [2.75, 3.05) is 6.54 Å². The molecule has 0 bridgehead atoms. The van der Waals surface area contributed by atoms with Crippen LogP contribution < -0.4 is 10.5 Å². The molecule has 7 heteroatoms. The van der Waals surface area contributed by atoms with Crippen molar-refractivity contribution in [2.24, 2.45) is 5.14 Å². The van der Waals surface area contributed by atoms with Crippen molar-refractivity contribution >= 4 is 37.3 Å². The Balaban J connectivity index is 1.81. The summed E-state index contributed by atoms with van der Waals surface area (Å²) < 4.78 is 23.5. The fraction of sp³-hybridized carbons (Fsp3) is 0.286. The molecule has 2 rings (SSSR count). The molecule has 0 saturated heterocycles. The van der Waals surface area contributed by atoms with Gasteiger partial charge < -0.3 is 5.32 Å². The molecule has 0 saturated carbocycles. The van der Waals surface area contributed by atoms with E-state index in [1.54, 1.807) is 35.6 Å². The van der Waals surface area contributed by atoms with Crippen LogP contribution in [0.2, 0.25) is 0 Å². The van der Waals surface area contributed by atoms with Gasteiger partial charge in [0.05, 0.1) is 4.90 Å². The van der Waals surface area contributed by atoms with E-state index in [4.69, 9.17) is 5.14 Å². The number of thiophene rings is 1. The highest BCUT2D eigenvalue weighted by Crippen LogP contribution is 2.26. The Hall–Kier alpha value is -0.730. The summed E-state index contributed by atoms with van der Waals surface area (Å²) in [4.78, 5) is 2.73. The average molecular weight is 389 g/mol. The molecule has 2 aromatic rings. The van der Waals surface area contributed by atoms with E-state index in [0.717, 1.165) is 29.5 Å². The summed E-state index contributed by atoms with van der Waals surface area (Å²) in [6.07, 6.45) is 0.844. The number of rotatable bonds is 6. The van der Waals surface area contributed by atoms with Crippen LogP contribution in [0.3, 0.4) is 0 Å². The Morgan fingerprint density at radius 3 is 2.48 bits per heavy atom. The molecule has 0 unspecified atom stereocenters. The van der Waals surface area contributed by atoms with Gasteiger partial charge in [0.2, 0.25) is 10.0 Å². The topological polar surface area (TPSA) is 72.2 Å². The number of halogens is 1. The average Bonchev–Trinajstić information content (AvgIpc) is 2.73. The summed E-state index contributed by atoms with van der Waals surface area (Å²) in [6, 6.07) is 8.82. The van der Waals surface area contributed by atoms with Crippen molar-refractivity contribution in [2.45, 2.75) is 24.8 Å². The third kappa shape index (κ3) is 4.89. The van der Waals surface area contributed by atoms with Crippen LogP contribution in [0.25, 0.3) is 0 Å².